The lowest BCUT2D eigenvalue weighted by molar-refractivity contribution is -0.870. The number of quaternary nitrogens is 1. The van der Waals surface area contributed by atoms with Crippen molar-refractivity contribution in [1.29, 1.82) is 0 Å². The van der Waals surface area contributed by atoms with Gasteiger partial charge in [0, 0.05) is 5.92 Å². The molecule has 0 saturated carbocycles. The first kappa shape index (κ1) is 22.3. The maximum absolute atomic E-state index is 12.4. The van der Waals surface area contributed by atoms with Crippen LogP contribution in [0.5, 0.6) is 0 Å². The molecule has 160 valence electrons. The summed E-state index contributed by atoms with van der Waals surface area (Å²) < 4.78 is 6.38. The van der Waals surface area contributed by atoms with Crippen molar-refractivity contribution in [1.82, 2.24) is 5.32 Å². The molecule has 3 rings (SSSR count). The summed E-state index contributed by atoms with van der Waals surface area (Å²) in [7, 11) is 6.37. The van der Waals surface area contributed by atoms with E-state index in [1.54, 1.807) is 0 Å². The van der Waals surface area contributed by atoms with Crippen molar-refractivity contribution in [3.8, 4) is 11.1 Å². The van der Waals surface area contributed by atoms with Crippen molar-refractivity contribution < 1.29 is 18.8 Å². The number of alkyl carbamates (subject to hydrolysis) is 1. The summed E-state index contributed by atoms with van der Waals surface area (Å²) in [6.45, 7) is 1.21. The van der Waals surface area contributed by atoms with Crippen LogP contribution in [0.1, 0.15) is 36.3 Å². The lowest BCUT2D eigenvalue weighted by atomic mass is 9.98. The summed E-state index contributed by atoms with van der Waals surface area (Å²) >= 11 is 5.70. The Hall–Kier alpha value is -2.37. The first-order chi connectivity index (χ1) is 14.3. The third kappa shape index (κ3) is 5.61. The molecule has 2 aromatic rings. The van der Waals surface area contributed by atoms with E-state index in [0.717, 1.165) is 35.0 Å². The van der Waals surface area contributed by atoms with E-state index in [4.69, 9.17) is 16.3 Å². The number of unbranched alkanes of at least 4 members (excludes halogenated alkanes) is 1. The highest BCUT2D eigenvalue weighted by atomic mass is 35.5. The number of hydrogen-bond acceptors (Lipinski definition) is 3. The van der Waals surface area contributed by atoms with Gasteiger partial charge in [-0.15, -0.1) is 0 Å². The van der Waals surface area contributed by atoms with Gasteiger partial charge in [-0.05, 0) is 53.1 Å². The van der Waals surface area contributed by atoms with Gasteiger partial charge >= 0.3 is 6.09 Å². The van der Waals surface area contributed by atoms with Crippen LogP contribution in [-0.4, -0.2) is 56.2 Å². The number of fused-ring (bicyclic) bond motifs is 3. The minimum absolute atomic E-state index is 0.0159. The fourth-order valence-electron chi connectivity index (χ4n) is 3.96. The van der Waals surface area contributed by atoms with Gasteiger partial charge < -0.3 is 14.5 Å². The van der Waals surface area contributed by atoms with E-state index in [1.165, 1.54) is 11.1 Å². The van der Waals surface area contributed by atoms with Crippen molar-refractivity contribution in [2.45, 2.75) is 31.2 Å². The maximum atomic E-state index is 12.4. The normalized spacial score (nSPS) is 14.0. The van der Waals surface area contributed by atoms with Gasteiger partial charge in [-0.25, -0.2) is 4.79 Å². The molecular formula is C24H30ClN2O3+. The third-order valence-corrected chi connectivity index (χ3v) is 5.74. The van der Waals surface area contributed by atoms with Crippen LogP contribution < -0.4 is 5.32 Å². The molecule has 30 heavy (non-hydrogen) atoms. The van der Waals surface area contributed by atoms with E-state index in [2.05, 4.69) is 50.7 Å². The highest BCUT2D eigenvalue weighted by Gasteiger charge is 2.29. The molecule has 1 aliphatic rings. The molecule has 0 heterocycles. The summed E-state index contributed by atoms with van der Waals surface area (Å²) in [5, 5.41) is 2.08. The SMILES string of the molecule is C[N+](C)(C)CCCC[C@H](NC(=O)OCC1c2ccccc2-c2ccccc21)C(=O)Cl. The zero-order chi connectivity index (χ0) is 21.7. The monoisotopic (exact) mass is 429 g/mol. The molecule has 0 aromatic heterocycles. The molecule has 0 spiro atoms. The largest absolute Gasteiger partial charge is 0.449 e. The molecule has 0 bridgehead atoms. The van der Waals surface area contributed by atoms with E-state index in [-0.39, 0.29) is 12.5 Å². The number of carbonyl (C=O) groups excluding carboxylic acids is 2. The highest BCUT2D eigenvalue weighted by molar-refractivity contribution is 6.64. The second-order valence-corrected chi connectivity index (χ2v) is 9.21. The zero-order valence-electron chi connectivity index (χ0n) is 17.9. The molecule has 0 unspecified atom stereocenters. The first-order valence-electron chi connectivity index (χ1n) is 10.4. The minimum Gasteiger partial charge on any atom is -0.449 e. The Labute approximate surface area is 183 Å². The fourth-order valence-corrected chi connectivity index (χ4v) is 4.12. The number of amides is 1. The number of ether oxygens (including phenoxy) is 1. The molecule has 0 saturated heterocycles. The van der Waals surface area contributed by atoms with E-state index >= 15 is 0 Å². The fraction of sp³-hybridized carbons (Fsp3) is 0.417. The summed E-state index contributed by atoms with van der Waals surface area (Å²) in [6.07, 6.45) is 1.66. The second kappa shape index (κ2) is 9.63. The summed E-state index contributed by atoms with van der Waals surface area (Å²) in [5.74, 6) is -0.0159. The quantitative estimate of drug-likeness (QED) is 0.362. The topological polar surface area (TPSA) is 55.4 Å². The zero-order valence-corrected chi connectivity index (χ0v) is 18.6. The van der Waals surface area contributed by atoms with Crippen LogP contribution in [0.15, 0.2) is 48.5 Å². The van der Waals surface area contributed by atoms with Crippen molar-refractivity contribution in [2.24, 2.45) is 0 Å². The Kier molecular flexibility index (Phi) is 7.16. The third-order valence-electron chi connectivity index (χ3n) is 5.48. The number of carbonyl (C=O) groups is 2. The van der Waals surface area contributed by atoms with E-state index in [0.29, 0.717) is 6.42 Å². The number of hydrogen-bond donors (Lipinski definition) is 1. The van der Waals surface area contributed by atoms with Gasteiger partial charge in [-0.1, -0.05) is 48.5 Å². The minimum atomic E-state index is -0.727. The number of nitrogens with zero attached hydrogens (tertiary/aromatic N) is 1. The van der Waals surface area contributed by atoms with Crippen molar-refractivity contribution in [2.75, 3.05) is 34.3 Å². The molecule has 6 heteroatoms. The van der Waals surface area contributed by atoms with Gasteiger partial charge in [0.15, 0.2) is 0 Å². The van der Waals surface area contributed by atoms with Crippen LogP contribution in [-0.2, 0) is 9.53 Å². The van der Waals surface area contributed by atoms with E-state index < -0.39 is 17.4 Å². The molecule has 0 aliphatic heterocycles. The molecule has 0 fully saturated rings. The Bertz CT molecular complexity index is 862. The van der Waals surface area contributed by atoms with Gasteiger partial charge in [0.05, 0.1) is 27.7 Å². The lowest BCUT2D eigenvalue weighted by Gasteiger charge is -2.24. The number of nitrogens with one attached hydrogen (secondary N) is 1. The predicted octanol–water partition coefficient (Wildman–Crippen LogP) is 4.54. The van der Waals surface area contributed by atoms with Crippen LogP contribution in [0.25, 0.3) is 11.1 Å². The molecule has 1 amide bonds. The summed E-state index contributed by atoms with van der Waals surface area (Å²) in [6, 6.07) is 15.6. The van der Waals surface area contributed by atoms with Gasteiger partial charge in [0.1, 0.15) is 12.6 Å². The van der Waals surface area contributed by atoms with Crippen LogP contribution in [0.4, 0.5) is 4.79 Å². The number of halogens is 1. The molecule has 0 radical (unpaired) electrons. The van der Waals surface area contributed by atoms with Crippen LogP contribution in [0, 0.1) is 0 Å². The van der Waals surface area contributed by atoms with Gasteiger partial charge in [0.2, 0.25) is 5.24 Å². The smallest absolute Gasteiger partial charge is 0.407 e. The molecule has 1 N–H and O–H groups in total. The predicted molar refractivity (Wildman–Crippen MR) is 120 cm³/mol. The molecule has 1 aliphatic carbocycles. The molecule has 1 atom stereocenters. The first-order valence-corrected chi connectivity index (χ1v) is 10.8. The Morgan fingerprint density at radius 1 is 1.00 bits per heavy atom. The van der Waals surface area contributed by atoms with Crippen molar-refractivity contribution in [3.05, 3.63) is 59.7 Å². The van der Waals surface area contributed by atoms with Crippen molar-refractivity contribution >= 4 is 22.9 Å². The van der Waals surface area contributed by atoms with Gasteiger partial charge in [-0.2, -0.15) is 0 Å². The Morgan fingerprint density at radius 2 is 1.57 bits per heavy atom. The van der Waals surface area contributed by atoms with Crippen LogP contribution >= 0.6 is 11.6 Å². The van der Waals surface area contributed by atoms with Gasteiger partial charge in [0.25, 0.3) is 0 Å². The second-order valence-electron chi connectivity index (χ2n) is 8.84. The van der Waals surface area contributed by atoms with E-state index in [1.807, 2.05) is 24.3 Å². The van der Waals surface area contributed by atoms with Crippen LogP contribution in [0.3, 0.4) is 0 Å². The number of rotatable bonds is 9. The molecular weight excluding hydrogens is 400 g/mol. The highest BCUT2D eigenvalue weighted by Crippen LogP contribution is 2.44. The Morgan fingerprint density at radius 3 is 2.10 bits per heavy atom. The van der Waals surface area contributed by atoms with Crippen LogP contribution in [0.2, 0.25) is 0 Å². The van der Waals surface area contributed by atoms with Gasteiger partial charge in [-0.3, -0.25) is 4.79 Å². The average molecular weight is 430 g/mol. The summed E-state index contributed by atoms with van der Waals surface area (Å²) in [5.41, 5.74) is 4.65. The van der Waals surface area contributed by atoms with E-state index in [9.17, 15) is 9.59 Å². The lowest BCUT2D eigenvalue weighted by Crippen LogP contribution is -2.40. The average Bonchev–Trinajstić information content (AvgIpc) is 3.01. The molecule has 2 aromatic carbocycles. The summed E-state index contributed by atoms with van der Waals surface area (Å²) in [4.78, 5) is 24.1. The number of benzene rings is 2. The maximum Gasteiger partial charge on any atom is 0.407 e. The van der Waals surface area contributed by atoms with Crippen molar-refractivity contribution in [3.63, 3.8) is 0 Å². The molecule has 5 nitrogen and oxygen atoms in total. The standard InChI is InChI=1S/C24H29ClN2O3/c1-27(2,3)15-9-8-14-22(23(25)28)26-24(29)30-16-21-19-12-6-4-10-17(19)18-11-5-7-13-20(18)21/h4-7,10-13,21-22H,8-9,14-16H2,1-3H3/p+1/t22-/m0/s1. The Balaban J connectivity index is 1.56.